The fourth-order valence-corrected chi connectivity index (χ4v) is 3.06. The maximum atomic E-state index is 11.9. The number of nitrogens with zero attached hydrogens (tertiary/aromatic N) is 3. The van der Waals surface area contributed by atoms with E-state index in [2.05, 4.69) is 15.3 Å². The molecular formula is C15H22N4O2. The summed E-state index contributed by atoms with van der Waals surface area (Å²) < 4.78 is 5.19. The number of rotatable bonds is 5. The van der Waals surface area contributed by atoms with Gasteiger partial charge in [0, 0.05) is 37.0 Å². The summed E-state index contributed by atoms with van der Waals surface area (Å²) in [5.41, 5.74) is 2.44. The Kier molecular flexibility index (Phi) is 4.34. The predicted octanol–water partition coefficient (Wildman–Crippen LogP) is 1.01. The normalized spacial score (nSPS) is 20.6. The smallest absolute Gasteiger partial charge is 0.248 e. The SMILES string of the molecule is CCOCC(=O)N1CCC(Nc2ncnc3c2CCC3)C1. The van der Waals surface area contributed by atoms with Crippen LogP contribution in [0.15, 0.2) is 6.33 Å². The number of aryl methyl sites for hydroxylation is 1. The van der Waals surface area contributed by atoms with Gasteiger partial charge in [-0.15, -0.1) is 0 Å². The van der Waals surface area contributed by atoms with E-state index < -0.39 is 0 Å². The van der Waals surface area contributed by atoms with Crippen LogP contribution in [0.1, 0.15) is 31.0 Å². The molecule has 0 bridgehead atoms. The summed E-state index contributed by atoms with van der Waals surface area (Å²) in [4.78, 5) is 22.5. The molecule has 1 amide bonds. The lowest BCUT2D eigenvalue weighted by atomic mass is 10.2. The molecule has 1 aromatic heterocycles. The molecule has 1 fully saturated rings. The van der Waals surface area contributed by atoms with E-state index in [4.69, 9.17) is 4.74 Å². The highest BCUT2D eigenvalue weighted by Gasteiger charge is 2.27. The molecule has 6 nitrogen and oxygen atoms in total. The van der Waals surface area contributed by atoms with Crippen LogP contribution in [-0.2, 0) is 22.4 Å². The molecule has 2 heterocycles. The molecule has 1 aromatic rings. The fraction of sp³-hybridized carbons (Fsp3) is 0.667. The van der Waals surface area contributed by atoms with Crippen molar-refractivity contribution in [3.05, 3.63) is 17.6 Å². The largest absolute Gasteiger partial charge is 0.372 e. The highest BCUT2D eigenvalue weighted by molar-refractivity contribution is 5.77. The minimum Gasteiger partial charge on any atom is -0.372 e. The first-order valence-corrected chi connectivity index (χ1v) is 7.72. The van der Waals surface area contributed by atoms with Crippen molar-refractivity contribution in [3.63, 3.8) is 0 Å². The molecule has 1 saturated heterocycles. The highest BCUT2D eigenvalue weighted by atomic mass is 16.5. The van der Waals surface area contributed by atoms with E-state index in [1.807, 2.05) is 11.8 Å². The molecule has 0 spiro atoms. The van der Waals surface area contributed by atoms with Gasteiger partial charge < -0.3 is 15.0 Å². The first-order valence-electron chi connectivity index (χ1n) is 7.72. The molecular weight excluding hydrogens is 268 g/mol. The van der Waals surface area contributed by atoms with E-state index in [-0.39, 0.29) is 18.6 Å². The predicted molar refractivity (Wildman–Crippen MR) is 79.2 cm³/mol. The van der Waals surface area contributed by atoms with Crippen molar-refractivity contribution in [3.8, 4) is 0 Å². The van der Waals surface area contributed by atoms with Gasteiger partial charge in [-0.1, -0.05) is 0 Å². The third kappa shape index (κ3) is 3.15. The van der Waals surface area contributed by atoms with Crippen LogP contribution in [-0.4, -0.2) is 53.1 Å². The molecule has 114 valence electrons. The molecule has 1 aliphatic heterocycles. The Bertz CT molecular complexity index is 520. The monoisotopic (exact) mass is 290 g/mol. The van der Waals surface area contributed by atoms with Crippen molar-refractivity contribution >= 4 is 11.7 Å². The van der Waals surface area contributed by atoms with Crippen LogP contribution in [0.3, 0.4) is 0 Å². The van der Waals surface area contributed by atoms with Crippen LogP contribution < -0.4 is 5.32 Å². The van der Waals surface area contributed by atoms with E-state index in [1.54, 1.807) is 6.33 Å². The second-order valence-corrected chi connectivity index (χ2v) is 5.61. The van der Waals surface area contributed by atoms with Gasteiger partial charge in [0.25, 0.3) is 0 Å². The molecule has 21 heavy (non-hydrogen) atoms. The van der Waals surface area contributed by atoms with Gasteiger partial charge in [0.1, 0.15) is 18.8 Å². The average molecular weight is 290 g/mol. The van der Waals surface area contributed by atoms with Crippen LogP contribution in [0.2, 0.25) is 0 Å². The van der Waals surface area contributed by atoms with Gasteiger partial charge in [-0.25, -0.2) is 9.97 Å². The first kappa shape index (κ1) is 14.3. The number of anilines is 1. The molecule has 6 heteroatoms. The van der Waals surface area contributed by atoms with Crippen LogP contribution in [0, 0.1) is 0 Å². The van der Waals surface area contributed by atoms with Gasteiger partial charge in [0.05, 0.1) is 0 Å². The van der Waals surface area contributed by atoms with Gasteiger partial charge in [-0.2, -0.15) is 0 Å². The number of nitrogens with one attached hydrogen (secondary N) is 1. The number of likely N-dealkylation sites (tertiary alicyclic amines) is 1. The summed E-state index contributed by atoms with van der Waals surface area (Å²) >= 11 is 0. The minimum atomic E-state index is 0.0778. The molecule has 1 aliphatic carbocycles. The number of carbonyl (C=O) groups is 1. The lowest BCUT2D eigenvalue weighted by Crippen LogP contribution is -2.34. The number of carbonyl (C=O) groups excluding carboxylic acids is 1. The summed E-state index contributed by atoms with van der Waals surface area (Å²) in [6.07, 6.45) is 5.86. The summed E-state index contributed by atoms with van der Waals surface area (Å²) in [5.74, 6) is 1.04. The third-order valence-corrected chi connectivity index (χ3v) is 4.19. The Morgan fingerprint density at radius 1 is 1.48 bits per heavy atom. The number of fused-ring (bicyclic) bond motifs is 1. The maximum Gasteiger partial charge on any atom is 0.248 e. The molecule has 0 saturated carbocycles. The van der Waals surface area contributed by atoms with Crippen molar-refractivity contribution < 1.29 is 9.53 Å². The van der Waals surface area contributed by atoms with E-state index in [0.29, 0.717) is 6.61 Å². The minimum absolute atomic E-state index is 0.0778. The van der Waals surface area contributed by atoms with Crippen LogP contribution in [0.4, 0.5) is 5.82 Å². The number of ether oxygens (including phenoxy) is 1. The van der Waals surface area contributed by atoms with Crippen LogP contribution in [0.5, 0.6) is 0 Å². The highest BCUT2D eigenvalue weighted by Crippen LogP contribution is 2.26. The van der Waals surface area contributed by atoms with Crippen LogP contribution >= 0.6 is 0 Å². The van der Waals surface area contributed by atoms with Gasteiger partial charge in [0.2, 0.25) is 5.91 Å². The zero-order chi connectivity index (χ0) is 14.7. The lowest BCUT2D eigenvalue weighted by Gasteiger charge is -2.18. The molecule has 1 atom stereocenters. The Balaban J connectivity index is 1.58. The third-order valence-electron chi connectivity index (χ3n) is 4.19. The first-order chi connectivity index (χ1) is 10.3. The van der Waals surface area contributed by atoms with Gasteiger partial charge >= 0.3 is 0 Å². The van der Waals surface area contributed by atoms with Crippen molar-refractivity contribution in [2.45, 2.75) is 38.6 Å². The van der Waals surface area contributed by atoms with Crippen molar-refractivity contribution in [2.75, 3.05) is 31.6 Å². The van der Waals surface area contributed by atoms with E-state index in [0.717, 1.165) is 44.6 Å². The second kappa shape index (κ2) is 6.39. The molecule has 1 unspecified atom stereocenters. The average Bonchev–Trinajstić information content (AvgIpc) is 3.14. The molecule has 0 radical (unpaired) electrons. The Morgan fingerprint density at radius 2 is 2.38 bits per heavy atom. The standard InChI is InChI=1S/C15H22N4O2/c1-2-21-9-14(20)19-7-6-11(8-19)18-15-12-4-3-5-13(12)16-10-17-15/h10-11H,2-9H2,1H3,(H,16,17,18). The second-order valence-electron chi connectivity index (χ2n) is 5.61. The van der Waals surface area contributed by atoms with E-state index in [9.17, 15) is 4.79 Å². The number of hydrogen-bond acceptors (Lipinski definition) is 5. The van der Waals surface area contributed by atoms with Gasteiger partial charge in [-0.05, 0) is 32.6 Å². The zero-order valence-electron chi connectivity index (χ0n) is 12.5. The van der Waals surface area contributed by atoms with Crippen molar-refractivity contribution in [1.29, 1.82) is 0 Å². The number of amides is 1. The van der Waals surface area contributed by atoms with E-state index in [1.165, 1.54) is 11.3 Å². The number of hydrogen-bond donors (Lipinski definition) is 1. The van der Waals surface area contributed by atoms with Gasteiger partial charge in [-0.3, -0.25) is 4.79 Å². The fourth-order valence-electron chi connectivity index (χ4n) is 3.06. The molecule has 1 N–H and O–H groups in total. The molecule has 0 aromatic carbocycles. The van der Waals surface area contributed by atoms with Crippen molar-refractivity contribution in [2.24, 2.45) is 0 Å². The van der Waals surface area contributed by atoms with Gasteiger partial charge in [0.15, 0.2) is 0 Å². The zero-order valence-corrected chi connectivity index (χ0v) is 12.5. The van der Waals surface area contributed by atoms with E-state index >= 15 is 0 Å². The Labute approximate surface area is 124 Å². The molecule has 2 aliphatic rings. The Hall–Kier alpha value is -1.69. The van der Waals surface area contributed by atoms with Crippen molar-refractivity contribution in [1.82, 2.24) is 14.9 Å². The summed E-state index contributed by atoms with van der Waals surface area (Å²) in [6, 6.07) is 0.273. The summed E-state index contributed by atoms with van der Waals surface area (Å²) in [7, 11) is 0. The number of aromatic nitrogens is 2. The Morgan fingerprint density at radius 3 is 3.24 bits per heavy atom. The topological polar surface area (TPSA) is 67.3 Å². The van der Waals surface area contributed by atoms with Crippen LogP contribution in [0.25, 0.3) is 0 Å². The molecule has 3 rings (SSSR count). The summed E-state index contributed by atoms with van der Waals surface area (Å²) in [6.45, 7) is 4.18. The summed E-state index contributed by atoms with van der Waals surface area (Å²) in [5, 5.41) is 3.50. The maximum absolute atomic E-state index is 11.9. The lowest BCUT2D eigenvalue weighted by molar-refractivity contribution is -0.134. The quantitative estimate of drug-likeness (QED) is 0.877.